The molecule has 3 N–H and O–H groups in total. The van der Waals surface area contributed by atoms with Crippen molar-refractivity contribution in [1.29, 1.82) is 0 Å². The number of aliphatic carboxylic acids is 1. The number of carboxylic acids is 1. The second kappa shape index (κ2) is 8.63. The van der Waals surface area contributed by atoms with Gasteiger partial charge in [-0.3, -0.25) is 4.79 Å². The lowest BCUT2D eigenvalue weighted by Crippen LogP contribution is -2.40. The number of hydrogen-bond acceptors (Lipinski definition) is 4. The van der Waals surface area contributed by atoms with Crippen molar-refractivity contribution in [2.24, 2.45) is 5.41 Å². The summed E-state index contributed by atoms with van der Waals surface area (Å²) in [6.07, 6.45) is 3.15. The summed E-state index contributed by atoms with van der Waals surface area (Å²) in [5, 5.41) is 14.0. The molecule has 2 amide bonds. The molecular formula is C24H24N2O5. The van der Waals surface area contributed by atoms with Crippen LogP contribution in [0.2, 0.25) is 0 Å². The lowest BCUT2D eigenvalue weighted by atomic mass is 9.98. The van der Waals surface area contributed by atoms with Crippen LogP contribution >= 0.6 is 0 Å². The molecule has 0 aliphatic heterocycles. The minimum absolute atomic E-state index is 0.0163. The molecule has 0 heterocycles. The Bertz CT molecular complexity index is 996. The summed E-state index contributed by atoms with van der Waals surface area (Å²) in [6, 6.07) is 16.3. The molecule has 0 saturated heterocycles. The summed E-state index contributed by atoms with van der Waals surface area (Å²) in [4.78, 5) is 35.1. The molecule has 1 saturated carbocycles. The Kier molecular flexibility index (Phi) is 5.75. The molecule has 31 heavy (non-hydrogen) atoms. The maximum absolute atomic E-state index is 12.3. The van der Waals surface area contributed by atoms with Crippen molar-refractivity contribution >= 4 is 18.0 Å². The van der Waals surface area contributed by atoms with Gasteiger partial charge in [0.2, 0.25) is 5.91 Å². The van der Waals surface area contributed by atoms with E-state index in [1.807, 2.05) is 24.3 Å². The quantitative estimate of drug-likeness (QED) is 0.570. The van der Waals surface area contributed by atoms with Crippen molar-refractivity contribution in [3.8, 4) is 11.1 Å². The second-order valence-electron chi connectivity index (χ2n) is 7.91. The van der Waals surface area contributed by atoms with Crippen LogP contribution in [0.3, 0.4) is 0 Å². The summed E-state index contributed by atoms with van der Waals surface area (Å²) < 4.78 is 5.51. The Morgan fingerprint density at radius 2 is 1.61 bits per heavy atom. The monoisotopic (exact) mass is 420 g/mol. The summed E-state index contributed by atoms with van der Waals surface area (Å²) >= 11 is 0. The van der Waals surface area contributed by atoms with Gasteiger partial charge in [0.15, 0.2) is 0 Å². The number of benzene rings is 2. The van der Waals surface area contributed by atoms with E-state index in [9.17, 15) is 14.4 Å². The topological polar surface area (TPSA) is 105 Å². The first-order valence-electron chi connectivity index (χ1n) is 10.3. The van der Waals surface area contributed by atoms with Crippen LogP contribution in [0.1, 0.15) is 29.9 Å². The average Bonchev–Trinajstić information content (AvgIpc) is 3.50. The fourth-order valence-electron chi connectivity index (χ4n) is 4.02. The van der Waals surface area contributed by atoms with E-state index in [-0.39, 0.29) is 31.5 Å². The standard InChI is InChI=1S/C24H24N2O5/c27-21(28)10-5-13-25-22(29)24(11-12-24)15-26-23(30)31-14-20-18-8-3-1-6-16(18)17-7-2-4-9-19(17)20/h1-10,20H,11-15H2,(H,25,29)(H,26,30)(H,27,28)/b10-5+. The number of hydrogen-bond donors (Lipinski definition) is 3. The number of carbonyl (C=O) groups excluding carboxylic acids is 2. The SMILES string of the molecule is O=C(O)/C=C/CNC(=O)C1(CNC(=O)OCC2c3ccccc3-c3ccccc32)CC1. The third-order valence-corrected chi connectivity index (χ3v) is 5.89. The van der Waals surface area contributed by atoms with Gasteiger partial charge in [-0.25, -0.2) is 9.59 Å². The third kappa shape index (κ3) is 4.45. The largest absolute Gasteiger partial charge is 0.478 e. The first-order chi connectivity index (χ1) is 15.0. The minimum atomic E-state index is -1.06. The molecule has 0 bridgehead atoms. The van der Waals surface area contributed by atoms with Gasteiger partial charge in [0, 0.05) is 25.1 Å². The van der Waals surface area contributed by atoms with Gasteiger partial charge >= 0.3 is 12.1 Å². The second-order valence-corrected chi connectivity index (χ2v) is 7.91. The Balaban J connectivity index is 1.29. The molecule has 0 spiro atoms. The lowest BCUT2D eigenvalue weighted by molar-refractivity contribution is -0.131. The number of nitrogens with one attached hydrogen (secondary N) is 2. The highest BCUT2D eigenvalue weighted by Crippen LogP contribution is 2.46. The number of carboxylic acid groups (broad SMARTS) is 1. The first kappa shape index (κ1) is 20.7. The fraction of sp³-hybridized carbons (Fsp3) is 0.292. The molecule has 160 valence electrons. The van der Waals surface area contributed by atoms with E-state index in [1.165, 1.54) is 6.08 Å². The molecule has 0 unspecified atom stereocenters. The van der Waals surface area contributed by atoms with Gasteiger partial charge in [0.1, 0.15) is 6.61 Å². The van der Waals surface area contributed by atoms with Crippen molar-refractivity contribution in [2.75, 3.05) is 19.7 Å². The van der Waals surface area contributed by atoms with Crippen LogP contribution in [-0.2, 0) is 14.3 Å². The highest BCUT2D eigenvalue weighted by molar-refractivity contribution is 5.86. The van der Waals surface area contributed by atoms with E-state index in [0.717, 1.165) is 28.3 Å². The van der Waals surface area contributed by atoms with Gasteiger partial charge in [-0.15, -0.1) is 0 Å². The van der Waals surface area contributed by atoms with Crippen LogP contribution in [0.25, 0.3) is 11.1 Å². The molecule has 2 aromatic rings. The molecular weight excluding hydrogens is 396 g/mol. The lowest BCUT2D eigenvalue weighted by Gasteiger charge is -2.17. The maximum atomic E-state index is 12.3. The summed E-state index contributed by atoms with van der Waals surface area (Å²) in [6.45, 7) is 0.551. The zero-order chi connectivity index (χ0) is 21.8. The minimum Gasteiger partial charge on any atom is -0.478 e. The molecule has 7 nitrogen and oxygen atoms in total. The predicted octanol–water partition coefficient (Wildman–Crippen LogP) is 3.06. The van der Waals surface area contributed by atoms with Crippen LogP contribution < -0.4 is 10.6 Å². The van der Waals surface area contributed by atoms with E-state index < -0.39 is 17.5 Å². The van der Waals surface area contributed by atoms with Crippen molar-refractivity contribution < 1.29 is 24.2 Å². The Labute approximate surface area is 180 Å². The van der Waals surface area contributed by atoms with Crippen LogP contribution in [-0.4, -0.2) is 42.8 Å². The molecule has 7 heteroatoms. The van der Waals surface area contributed by atoms with Crippen LogP contribution in [0.4, 0.5) is 4.79 Å². The number of fused-ring (bicyclic) bond motifs is 3. The molecule has 1 fully saturated rings. The van der Waals surface area contributed by atoms with Crippen molar-refractivity contribution in [3.63, 3.8) is 0 Å². The Morgan fingerprint density at radius 3 is 2.19 bits per heavy atom. The highest BCUT2D eigenvalue weighted by Gasteiger charge is 2.49. The van der Waals surface area contributed by atoms with Crippen molar-refractivity contribution in [3.05, 3.63) is 71.8 Å². The molecule has 4 rings (SSSR count). The molecule has 0 radical (unpaired) electrons. The van der Waals surface area contributed by atoms with Crippen molar-refractivity contribution in [2.45, 2.75) is 18.8 Å². The zero-order valence-electron chi connectivity index (χ0n) is 17.0. The molecule has 0 aromatic heterocycles. The Morgan fingerprint density at radius 1 is 1.00 bits per heavy atom. The van der Waals surface area contributed by atoms with Gasteiger partial charge in [0.25, 0.3) is 0 Å². The van der Waals surface area contributed by atoms with Crippen LogP contribution in [0, 0.1) is 5.41 Å². The number of rotatable bonds is 8. The van der Waals surface area contributed by atoms with Gasteiger partial charge in [0.05, 0.1) is 5.41 Å². The highest BCUT2D eigenvalue weighted by atomic mass is 16.5. The van der Waals surface area contributed by atoms with E-state index in [4.69, 9.17) is 9.84 Å². The summed E-state index contributed by atoms with van der Waals surface area (Å²) in [5.74, 6) is -1.27. The molecule has 0 atom stereocenters. The van der Waals surface area contributed by atoms with Crippen LogP contribution in [0.5, 0.6) is 0 Å². The smallest absolute Gasteiger partial charge is 0.407 e. The molecule has 2 aliphatic rings. The van der Waals surface area contributed by atoms with Gasteiger partial charge in [-0.2, -0.15) is 0 Å². The zero-order valence-corrected chi connectivity index (χ0v) is 17.0. The van der Waals surface area contributed by atoms with Crippen LogP contribution in [0.15, 0.2) is 60.7 Å². The average molecular weight is 420 g/mol. The normalized spacial score (nSPS) is 15.7. The third-order valence-electron chi connectivity index (χ3n) is 5.89. The van der Waals surface area contributed by atoms with E-state index in [0.29, 0.717) is 12.8 Å². The molecule has 2 aromatic carbocycles. The van der Waals surface area contributed by atoms with E-state index >= 15 is 0 Å². The van der Waals surface area contributed by atoms with E-state index in [1.54, 1.807) is 0 Å². The maximum Gasteiger partial charge on any atom is 0.407 e. The van der Waals surface area contributed by atoms with E-state index in [2.05, 4.69) is 34.9 Å². The number of amides is 2. The number of ether oxygens (including phenoxy) is 1. The Hall–Kier alpha value is -3.61. The number of alkyl carbamates (subject to hydrolysis) is 1. The molecule has 2 aliphatic carbocycles. The summed E-state index contributed by atoms with van der Waals surface area (Å²) in [7, 11) is 0. The summed E-state index contributed by atoms with van der Waals surface area (Å²) in [5.41, 5.74) is 3.98. The number of carbonyl (C=O) groups is 3. The van der Waals surface area contributed by atoms with Gasteiger partial charge in [-0.1, -0.05) is 54.6 Å². The van der Waals surface area contributed by atoms with Gasteiger partial charge < -0.3 is 20.5 Å². The fourth-order valence-corrected chi connectivity index (χ4v) is 4.02. The van der Waals surface area contributed by atoms with Crippen molar-refractivity contribution in [1.82, 2.24) is 10.6 Å². The van der Waals surface area contributed by atoms with Gasteiger partial charge in [-0.05, 0) is 35.1 Å². The predicted molar refractivity (Wildman–Crippen MR) is 115 cm³/mol. The first-order valence-corrected chi connectivity index (χ1v) is 10.3.